The van der Waals surface area contributed by atoms with E-state index in [1.165, 1.54) is 11.8 Å². The first-order valence-corrected chi connectivity index (χ1v) is 12.5. The number of aromatic nitrogens is 2. The summed E-state index contributed by atoms with van der Waals surface area (Å²) in [4.78, 5) is 30.1. The lowest BCUT2D eigenvalue weighted by Gasteiger charge is -2.13. The van der Waals surface area contributed by atoms with Crippen molar-refractivity contribution in [2.45, 2.75) is 43.0 Å². The number of nitrogens with one attached hydrogen (secondary N) is 1. The van der Waals surface area contributed by atoms with Gasteiger partial charge in [0.1, 0.15) is 12.4 Å². The number of carbonyl (C=O) groups excluding carboxylic acids is 2. The standard InChI is InChI=1S/C23H23IN4O5S/c1-2-3-9-28-21(27-23(30)31-12-14-7-5-4-6-8-14)19(20(25)29)26-22(28)34-18-11-17-16(10-15(18)24)32-13-33-17/h4-8,10-11H,2-3,9,12-13H2,1H3,(H2,25,29)(H,27,30). The second-order valence-electron chi connectivity index (χ2n) is 7.39. The number of nitrogens with two attached hydrogens (primary N) is 1. The second-order valence-corrected chi connectivity index (χ2v) is 9.56. The molecule has 0 radical (unpaired) electrons. The number of benzene rings is 2. The molecule has 34 heavy (non-hydrogen) atoms. The number of unbranched alkanes of at least 4 members (excludes halogenated alkanes) is 1. The number of nitrogens with zero attached hydrogens (tertiary/aromatic N) is 2. The summed E-state index contributed by atoms with van der Waals surface area (Å²) in [6, 6.07) is 13.1. The van der Waals surface area contributed by atoms with Gasteiger partial charge in [-0.1, -0.05) is 55.4 Å². The number of rotatable bonds is 9. The topological polar surface area (TPSA) is 118 Å². The summed E-state index contributed by atoms with van der Waals surface area (Å²) in [6.45, 7) is 2.86. The predicted molar refractivity (Wildman–Crippen MR) is 135 cm³/mol. The van der Waals surface area contributed by atoms with Crippen LogP contribution in [0.1, 0.15) is 35.8 Å². The Kier molecular flexibility index (Phi) is 7.83. The average molecular weight is 594 g/mol. The van der Waals surface area contributed by atoms with Crippen molar-refractivity contribution in [3.05, 3.63) is 57.3 Å². The molecule has 2 aromatic carbocycles. The molecular formula is C23H23IN4O5S. The maximum Gasteiger partial charge on any atom is 0.413 e. The highest BCUT2D eigenvalue weighted by molar-refractivity contribution is 14.1. The molecule has 178 valence electrons. The number of halogens is 1. The molecule has 2 heterocycles. The lowest BCUT2D eigenvalue weighted by molar-refractivity contribution is 0.0996. The molecule has 3 aromatic rings. The zero-order chi connectivity index (χ0) is 24.1. The van der Waals surface area contributed by atoms with Crippen molar-refractivity contribution in [3.63, 3.8) is 0 Å². The molecule has 11 heteroatoms. The Hall–Kier alpha value is -2.93. The SMILES string of the molecule is CCCCn1c(Sc2cc3c(cc2I)OCO3)nc(C(N)=O)c1NC(=O)OCc1ccccc1. The van der Waals surface area contributed by atoms with E-state index in [1.807, 2.05) is 42.5 Å². The van der Waals surface area contributed by atoms with E-state index in [-0.39, 0.29) is 24.9 Å². The first-order chi connectivity index (χ1) is 16.5. The van der Waals surface area contributed by atoms with Crippen LogP contribution in [0.25, 0.3) is 0 Å². The summed E-state index contributed by atoms with van der Waals surface area (Å²) in [7, 11) is 0. The van der Waals surface area contributed by atoms with E-state index < -0.39 is 12.0 Å². The number of anilines is 1. The van der Waals surface area contributed by atoms with Gasteiger partial charge in [0, 0.05) is 15.0 Å². The van der Waals surface area contributed by atoms with Crippen LogP contribution in [0, 0.1) is 3.57 Å². The van der Waals surface area contributed by atoms with Crippen LogP contribution in [-0.2, 0) is 17.9 Å². The van der Waals surface area contributed by atoms with Gasteiger partial charge < -0.3 is 24.5 Å². The van der Waals surface area contributed by atoms with Gasteiger partial charge in [-0.05, 0) is 46.7 Å². The normalized spacial score (nSPS) is 11.9. The van der Waals surface area contributed by atoms with E-state index in [1.54, 1.807) is 4.57 Å². The first kappa shape index (κ1) is 24.2. The Morgan fingerprint density at radius 1 is 1.24 bits per heavy atom. The van der Waals surface area contributed by atoms with Crippen LogP contribution in [0.15, 0.2) is 52.5 Å². The number of ether oxygens (including phenoxy) is 3. The third-order valence-corrected chi connectivity index (χ3v) is 7.27. The zero-order valence-corrected chi connectivity index (χ0v) is 21.4. The molecule has 0 spiro atoms. The molecule has 0 aliphatic carbocycles. The molecule has 2 amide bonds. The van der Waals surface area contributed by atoms with Gasteiger partial charge in [-0.15, -0.1) is 0 Å². The minimum atomic E-state index is -0.740. The number of carbonyl (C=O) groups is 2. The predicted octanol–water partition coefficient (Wildman–Crippen LogP) is 5.02. The Bertz CT molecular complexity index is 1200. The fourth-order valence-corrected chi connectivity index (χ4v) is 4.98. The molecule has 0 saturated heterocycles. The number of imidazole rings is 1. The highest BCUT2D eigenvalue weighted by Gasteiger charge is 2.25. The molecule has 0 atom stereocenters. The molecule has 1 aliphatic rings. The summed E-state index contributed by atoms with van der Waals surface area (Å²) in [5.41, 5.74) is 6.43. The van der Waals surface area contributed by atoms with Crippen LogP contribution in [-0.4, -0.2) is 28.3 Å². The smallest absolute Gasteiger partial charge is 0.413 e. The average Bonchev–Trinajstić information content (AvgIpc) is 3.41. The van der Waals surface area contributed by atoms with Crippen molar-refractivity contribution in [2.75, 3.05) is 12.1 Å². The van der Waals surface area contributed by atoms with E-state index in [9.17, 15) is 9.59 Å². The van der Waals surface area contributed by atoms with Crippen LogP contribution >= 0.6 is 34.4 Å². The number of amides is 2. The number of hydrogen-bond donors (Lipinski definition) is 2. The van der Waals surface area contributed by atoms with Crippen molar-refractivity contribution < 1.29 is 23.8 Å². The van der Waals surface area contributed by atoms with Crippen molar-refractivity contribution in [3.8, 4) is 11.5 Å². The van der Waals surface area contributed by atoms with Gasteiger partial charge in [0.25, 0.3) is 5.91 Å². The first-order valence-electron chi connectivity index (χ1n) is 10.6. The van der Waals surface area contributed by atoms with Gasteiger partial charge in [0.2, 0.25) is 6.79 Å². The van der Waals surface area contributed by atoms with Crippen LogP contribution in [0.4, 0.5) is 10.6 Å². The van der Waals surface area contributed by atoms with E-state index in [0.717, 1.165) is 26.9 Å². The van der Waals surface area contributed by atoms with Crippen LogP contribution < -0.4 is 20.5 Å². The summed E-state index contributed by atoms with van der Waals surface area (Å²) in [6.07, 6.45) is 1.03. The highest BCUT2D eigenvalue weighted by atomic mass is 127. The summed E-state index contributed by atoms with van der Waals surface area (Å²) >= 11 is 3.57. The molecule has 9 nitrogen and oxygen atoms in total. The van der Waals surface area contributed by atoms with E-state index in [0.29, 0.717) is 23.2 Å². The molecule has 1 aromatic heterocycles. The zero-order valence-electron chi connectivity index (χ0n) is 18.4. The summed E-state index contributed by atoms with van der Waals surface area (Å²) < 4.78 is 19.0. The van der Waals surface area contributed by atoms with Crippen molar-refractivity contribution >= 4 is 52.2 Å². The molecule has 3 N–H and O–H groups in total. The molecule has 0 fully saturated rings. The van der Waals surface area contributed by atoms with E-state index in [4.69, 9.17) is 19.9 Å². The van der Waals surface area contributed by atoms with Crippen LogP contribution in [0.5, 0.6) is 11.5 Å². The molecule has 1 aliphatic heterocycles. The molecular weight excluding hydrogens is 571 g/mol. The van der Waals surface area contributed by atoms with E-state index in [2.05, 4.69) is 39.8 Å². The molecule has 4 rings (SSSR count). The Morgan fingerprint density at radius 3 is 2.68 bits per heavy atom. The van der Waals surface area contributed by atoms with Gasteiger partial charge in [-0.25, -0.2) is 9.78 Å². The maximum atomic E-state index is 12.6. The molecule has 0 bridgehead atoms. The van der Waals surface area contributed by atoms with Crippen molar-refractivity contribution in [2.24, 2.45) is 5.73 Å². The van der Waals surface area contributed by atoms with Crippen LogP contribution in [0.2, 0.25) is 0 Å². The summed E-state index contributed by atoms with van der Waals surface area (Å²) in [5.74, 6) is 0.810. The minimum Gasteiger partial charge on any atom is -0.454 e. The van der Waals surface area contributed by atoms with Crippen molar-refractivity contribution in [1.82, 2.24) is 9.55 Å². The number of primary amides is 1. The Labute approximate surface area is 214 Å². The van der Waals surface area contributed by atoms with Gasteiger partial charge in [-0.2, -0.15) is 0 Å². The Morgan fingerprint density at radius 2 is 1.97 bits per heavy atom. The highest BCUT2D eigenvalue weighted by Crippen LogP contribution is 2.41. The largest absolute Gasteiger partial charge is 0.454 e. The Balaban J connectivity index is 1.61. The molecule has 0 unspecified atom stereocenters. The quantitative estimate of drug-likeness (QED) is 0.335. The third kappa shape index (κ3) is 5.58. The second kappa shape index (κ2) is 11.0. The van der Waals surface area contributed by atoms with Gasteiger partial charge in [0.05, 0.1) is 0 Å². The third-order valence-electron chi connectivity index (χ3n) is 4.96. The monoisotopic (exact) mass is 594 g/mol. The van der Waals surface area contributed by atoms with Crippen molar-refractivity contribution in [1.29, 1.82) is 0 Å². The van der Waals surface area contributed by atoms with Crippen LogP contribution in [0.3, 0.4) is 0 Å². The summed E-state index contributed by atoms with van der Waals surface area (Å²) in [5, 5.41) is 3.21. The van der Waals surface area contributed by atoms with Gasteiger partial charge in [-0.3, -0.25) is 10.1 Å². The van der Waals surface area contributed by atoms with Gasteiger partial charge in [0.15, 0.2) is 22.3 Å². The molecule has 0 saturated carbocycles. The minimum absolute atomic E-state index is 0.0222. The van der Waals surface area contributed by atoms with Gasteiger partial charge >= 0.3 is 6.09 Å². The maximum absolute atomic E-state index is 12.6. The fraction of sp³-hybridized carbons (Fsp3) is 0.261. The number of hydrogen-bond acceptors (Lipinski definition) is 7. The van der Waals surface area contributed by atoms with E-state index >= 15 is 0 Å². The lowest BCUT2D eigenvalue weighted by atomic mass is 10.2. The lowest BCUT2D eigenvalue weighted by Crippen LogP contribution is -2.21. The number of fused-ring (bicyclic) bond motifs is 1. The fourth-order valence-electron chi connectivity index (χ4n) is 3.26.